The van der Waals surface area contributed by atoms with Gasteiger partial charge in [0, 0.05) is 28.4 Å². The van der Waals surface area contributed by atoms with E-state index in [4.69, 9.17) is 28.3 Å². The van der Waals surface area contributed by atoms with E-state index in [1.807, 2.05) is 6.92 Å². The minimum Gasteiger partial charge on any atom is -0.480 e. The zero-order valence-electron chi connectivity index (χ0n) is 12.7. The molecule has 0 amide bonds. The number of carboxylic acid groups (broad SMARTS) is 1. The van der Waals surface area contributed by atoms with Crippen LogP contribution in [0, 0.1) is 0 Å². The first-order chi connectivity index (χ1) is 11.4. The molecule has 2 heterocycles. The Morgan fingerprint density at radius 2 is 1.79 bits per heavy atom. The van der Waals surface area contributed by atoms with Crippen LogP contribution < -0.4 is 5.69 Å². The molecule has 0 atom stereocenters. The number of nitrogens with zero attached hydrogens (tertiary/aromatic N) is 3. The molecule has 0 spiro atoms. The summed E-state index contributed by atoms with van der Waals surface area (Å²) in [6, 6.07) is 6.91. The van der Waals surface area contributed by atoms with E-state index < -0.39 is 18.2 Å². The minimum absolute atomic E-state index is 0.334. The Labute approximate surface area is 146 Å². The van der Waals surface area contributed by atoms with Crippen molar-refractivity contribution in [3.05, 3.63) is 51.0 Å². The van der Waals surface area contributed by atoms with Gasteiger partial charge < -0.3 is 5.11 Å². The standard InChI is InChI=1S/C16H13Cl2N3O3/c1-2-20-13-5-10(9-3-11(17)6-12(18)4-9)7-19-15(13)21(16(20)24)8-14(22)23/h3-7H,2,8H2,1H3,(H,22,23). The van der Waals surface area contributed by atoms with Crippen molar-refractivity contribution in [1.29, 1.82) is 0 Å². The number of rotatable bonds is 4. The van der Waals surface area contributed by atoms with E-state index in [-0.39, 0.29) is 0 Å². The summed E-state index contributed by atoms with van der Waals surface area (Å²) in [4.78, 5) is 27.7. The maximum atomic E-state index is 12.4. The number of aryl methyl sites for hydroxylation is 1. The average Bonchev–Trinajstić information content (AvgIpc) is 2.77. The van der Waals surface area contributed by atoms with Crippen LogP contribution in [0.3, 0.4) is 0 Å². The highest BCUT2D eigenvalue weighted by Crippen LogP contribution is 2.28. The predicted molar refractivity (Wildman–Crippen MR) is 92.8 cm³/mol. The summed E-state index contributed by atoms with van der Waals surface area (Å²) in [6.07, 6.45) is 1.57. The monoisotopic (exact) mass is 365 g/mol. The van der Waals surface area contributed by atoms with Crippen LogP contribution >= 0.6 is 23.2 Å². The number of aromatic nitrogens is 3. The molecule has 0 fully saturated rings. The first-order valence-corrected chi connectivity index (χ1v) is 7.93. The van der Waals surface area contributed by atoms with E-state index in [0.717, 1.165) is 15.7 Å². The Bertz CT molecular complexity index is 987. The molecule has 0 aliphatic rings. The first kappa shape index (κ1) is 16.5. The zero-order valence-corrected chi connectivity index (χ0v) is 14.2. The molecule has 0 saturated heterocycles. The van der Waals surface area contributed by atoms with E-state index in [1.54, 1.807) is 30.5 Å². The predicted octanol–water partition coefficient (Wildman–Crippen LogP) is 3.28. The number of pyridine rings is 1. The SMILES string of the molecule is CCn1c(=O)n(CC(=O)O)c2ncc(-c3cc(Cl)cc(Cl)c3)cc21. The third-order valence-electron chi connectivity index (χ3n) is 3.66. The van der Waals surface area contributed by atoms with E-state index in [9.17, 15) is 9.59 Å². The second-order valence-corrected chi connectivity index (χ2v) is 6.10. The third-order valence-corrected chi connectivity index (χ3v) is 4.10. The molecule has 24 heavy (non-hydrogen) atoms. The first-order valence-electron chi connectivity index (χ1n) is 7.18. The molecule has 1 aromatic carbocycles. The van der Waals surface area contributed by atoms with Crippen molar-refractivity contribution in [3.8, 4) is 11.1 Å². The lowest BCUT2D eigenvalue weighted by atomic mass is 10.1. The maximum Gasteiger partial charge on any atom is 0.330 e. The van der Waals surface area contributed by atoms with Crippen LogP contribution in [0.2, 0.25) is 10.0 Å². The number of imidazole rings is 1. The Morgan fingerprint density at radius 3 is 2.38 bits per heavy atom. The second kappa shape index (κ2) is 6.30. The van der Waals surface area contributed by atoms with Gasteiger partial charge in [-0.05, 0) is 36.8 Å². The van der Waals surface area contributed by atoms with Crippen molar-refractivity contribution < 1.29 is 9.90 Å². The van der Waals surface area contributed by atoms with Gasteiger partial charge >= 0.3 is 11.7 Å². The Morgan fingerprint density at radius 1 is 1.12 bits per heavy atom. The van der Waals surface area contributed by atoms with Gasteiger partial charge in [0.1, 0.15) is 6.54 Å². The number of hydrogen-bond acceptors (Lipinski definition) is 3. The van der Waals surface area contributed by atoms with E-state index in [2.05, 4.69) is 4.98 Å². The van der Waals surface area contributed by atoms with Crippen molar-refractivity contribution in [2.24, 2.45) is 0 Å². The van der Waals surface area contributed by atoms with E-state index in [1.165, 1.54) is 4.57 Å². The number of benzene rings is 1. The molecule has 0 bridgehead atoms. The summed E-state index contributed by atoms with van der Waals surface area (Å²) in [5.41, 5.74) is 2.01. The van der Waals surface area contributed by atoms with Crippen LogP contribution in [0.25, 0.3) is 22.3 Å². The van der Waals surface area contributed by atoms with Gasteiger partial charge in [0.05, 0.1) is 5.52 Å². The van der Waals surface area contributed by atoms with E-state index in [0.29, 0.717) is 27.8 Å². The number of halogens is 2. The molecule has 0 saturated carbocycles. The van der Waals surface area contributed by atoms with Gasteiger partial charge in [-0.3, -0.25) is 13.9 Å². The van der Waals surface area contributed by atoms with Crippen LogP contribution in [0.4, 0.5) is 0 Å². The molecule has 1 N–H and O–H groups in total. The van der Waals surface area contributed by atoms with Crippen LogP contribution in [0.5, 0.6) is 0 Å². The highest BCUT2D eigenvalue weighted by atomic mass is 35.5. The molecule has 0 aliphatic carbocycles. The van der Waals surface area contributed by atoms with Gasteiger partial charge in [-0.1, -0.05) is 23.2 Å². The minimum atomic E-state index is -1.10. The molecule has 3 aromatic rings. The summed E-state index contributed by atoms with van der Waals surface area (Å²) in [6.45, 7) is 1.79. The molecule has 8 heteroatoms. The number of carbonyl (C=O) groups is 1. The second-order valence-electron chi connectivity index (χ2n) is 5.23. The summed E-state index contributed by atoms with van der Waals surface area (Å²) < 4.78 is 2.64. The smallest absolute Gasteiger partial charge is 0.330 e. The lowest BCUT2D eigenvalue weighted by Crippen LogP contribution is -2.26. The van der Waals surface area contributed by atoms with Crippen LogP contribution in [0.1, 0.15) is 6.92 Å². The van der Waals surface area contributed by atoms with Gasteiger partial charge in [-0.2, -0.15) is 0 Å². The topological polar surface area (TPSA) is 77.1 Å². The van der Waals surface area contributed by atoms with Crippen molar-refractivity contribution in [3.63, 3.8) is 0 Å². The van der Waals surface area contributed by atoms with Crippen LogP contribution in [-0.2, 0) is 17.9 Å². The summed E-state index contributed by atoms with van der Waals surface area (Å²) in [5.74, 6) is -1.10. The molecule has 3 rings (SSSR count). The molecular weight excluding hydrogens is 353 g/mol. The lowest BCUT2D eigenvalue weighted by Gasteiger charge is -2.05. The van der Waals surface area contributed by atoms with E-state index >= 15 is 0 Å². The van der Waals surface area contributed by atoms with Gasteiger partial charge in [0.2, 0.25) is 0 Å². The molecule has 0 aliphatic heterocycles. The number of aliphatic carboxylic acids is 1. The van der Waals surface area contributed by atoms with Gasteiger partial charge in [-0.25, -0.2) is 9.78 Å². The molecule has 0 radical (unpaired) electrons. The van der Waals surface area contributed by atoms with Gasteiger partial charge in [-0.15, -0.1) is 0 Å². The number of hydrogen-bond donors (Lipinski definition) is 1. The van der Waals surface area contributed by atoms with Crippen LogP contribution in [-0.4, -0.2) is 25.2 Å². The third kappa shape index (κ3) is 2.90. The lowest BCUT2D eigenvalue weighted by molar-refractivity contribution is -0.137. The van der Waals surface area contributed by atoms with Crippen molar-refractivity contribution in [2.45, 2.75) is 20.0 Å². The van der Waals surface area contributed by atoms with Crippen LogP contribution in [0.15, 0.2) is 35.3 Å². The Balaban J connectivity index is 2.24. The molecule has 6 nitrogen and oxygen atoms in total. The maximum absolute atomic E-state index is 12.4. The fraction of sp³-hybridized carbons (Fsp3) is 0.188. The molecular formula is C16H13Cl2N3O3. The molecule has 124 valence electrons. The highest BCUT2D eigenvalue weighted by molar-refractivity contribution is 6.35. The average molecular weight is 366 g/mol. The molecule has 0 unspecified atom stereocenters. The number of carboxylic acids is 1. The van der Waals surface area contributed by atoms with Crippen molar-refractivity contribution in [2.75, 3.05) is 0 Å². The summed E-state index contributed by atoms with van der Waals surface area (Å²) >= 11 is 12.1. The fourth-order valence-electron chi connectivity index (χ4n) is 2.65. The van der Waals surface area contributed by atoms with Gasteiger partial charge in [0.25, 0.3) is 0 Å². The zero-order chi connectivity index (χ0) is 17.4. The number of fused-ring (bicyclic) bond motifs is 1. The summed E-state index contributed by atoms with van der Waals surface area (Å²) in [7, 11) is 0. The van der Waals surface area contributed by atoms with Crippen molar-refractivity contribution >= 4 is 40.3 Å². The normalized spacial score (nSPS) is 11.1. The quantitative estimate of drug-likeness (QED) is 0.769. The van der Waals surface area contributed by atoms with Crippen molar-refractivity contribution in [1.82, 2.24) is 14.1 Å². The van der Waals surface area contributed by atoms with Gasteiger partial charge in [0.15, 0.2) is 5.65 Å². The molecule has 2 aromatic heterocycles. The highest BCUT2D eigenvalue weighted by Gasteiger charge is 2.16. The summed E-state index contributed by atoms with van der Waals surface area (Å²) in [5, 5.41) is 9.99. The Hall–Kier alpha value is -2.31. The fourth-order valence-corrected chi connectivity index (χ4v) is 3.18. The Kier molecular flexibility index (Phi) is 4.34. The largest absolute Gasteiger partial charge is 0.480 e.